The van der Waals surface area contributed by atoms with Gasteiger partial charge in [0.05, 0.1) is 26.2 Å². The Bertz CT molecular complexity index is 717. The summed E-state index contributed by atoms with van der Waals surface area (Å²) in [6.07, 6.45) is 0.318. The number of benzene rings is 2. The zero-order chi connectivity index (χ0) is 18.4. The highest BCUT2D eigenvalue weighted by atomic mass is 16.5. The average molecular weight is 354 g/mol. The molecule has 0 bridgehead atoms. The molecule has 5 heteroatoms. The molecule has 1 fully saturated rings. The molecular formula is C21H26N2O3. The van der Waals surface area contributed by atoms with Crippen LogP contribution >= 0.6 is 0 Å². The molecule has 5 nitrogen and oxygen atoms in total. The third-order valence-corrected chi connectivity index (χ3v) is 4.32. The van der Waals surface area contributed by atoms with E-state index >= 15 is 0 Å². The molecule has 0 radical (unpaired) electrons. The first-order valence-electron chi connectivity index (χ1n) is 9.04. The van der Waals surface area contributed by atoms with Gasteiger partial charge in [0.15, 0.2) is 0 Å². The number of nitrogens with zero attached hydrogens (tertiary/aromatic N) is 1. The number of hydrogen-bond acceptors (Lipinski definition) is 4. The molecule has 1 N–H and O–H groups in total. The Labute approximate surface area is 154 Å². The number of anilines is 2. The molecule has 26 heavy (non-hydrogen) atoms. The number of nitrogens with one attached hydrogen (secondary N) is 1. The second-order valence-corrected chi connectivity index (χ2v) is 6.62. The molecule has 3 rings (SSSR count). The van der Waals surface area contributed by atoms with Gasteiger partial charge >= 0.3 is 0 Å². The number of carbonyl (C=O) groups excluding carboxylic acids is 1. The van der Waals surface area contributed by atoms with Gasteiger partial charge in [-0.2, -0.15) is 0 Å². The number of morpholine rings is 1. The number of hydrogen-bond donors (Lipinski definition) is 1. The quantitative estimate of drug-likeness (QED) is 0.862. The lowest BCUT2D eigenvalue weighted by molar-refractivity contribution is -0.116. The highest BCUT2D eigenvalue weighted by Gasteiger charge is 2.11. The molecule has 0 aliphatic carbocycles. The van der Waals surface area contributed by atoms with E-state index in [4.69, 9.17) is 9.47 Å². The summed E-state index contributed by atoms with van der Waals surface area (Å²) in [6.45, 7) is 7.77. The minimum absolute atomic E-state index is 0.0477. The van der Waals surface area contributed by atoms with E-state index in [1.165, 1.54) is 0 Å². The minimum Gasteiger partial charge on any atom is -0.493 e. The van der Waals surface area contributed by atoms with Crippen LogP contribution < -0.4 is 15.0 Å². The lowest BCUT2D eigenvalue weighted by atomic mass is 10.1. The van der Waals surface area contributed by atoms with E-state index < -0.39 is 0 Å². The first-order valence-corrected chi connectivity index (χ1v) is 9.04. The number of amides is 1. The molecule has 2 aromatic carbocycles. The Morgan fingerprint density at radius 3 is 2.38 bits per heavy atom. The lowest BCUT2D eigenvalue weighted by Crippen LogP contribution is -2.36. The van der Waals surface area contributed by atoms with Crippen molar-refractivity contribution >= 4 is 17.3 Å². The summed E-state index contributed by atoms with van der Waals surface area (Å²) in [5.41, 5.74) is 4.28. The van der Waals surface area contributed by atoms with Crippen molar-refractivity contribution in [2.24, 2.45) is 0 Å². The van der Waals surface area contributed by atoms with E-state index in [2.05, 4.69) is 16.3 Å². The molecule has 0 unspecified atom stereocenters. The molecule has 1 aliphatic rings. The standard InChI is InChI=1S/C21H26N2O3/c1-16-13-17(2)15-20(14-16)26-10-7-21(24)22-18-3-5-19(6-4-18)23-8-11-25-12-9-23/h3-6,13-15H,7-12H2,1-2H3,(H,22,24). The fraction of sp³-hybridized carbons (Fsp3) is 0.381. The summed E-state index contributed by atoms with van der Waals surface area (Å²) < 4.78 is 11.1. The Morgan fingerprint density at radius 1 is 1.08 bits per heavy atom. The first kappa shape index (κ1) is 18.3. The SMILES string of the molecule is Cc1cc(C)cc(OCCC(=O)Nc2ccc(N3CCOCC3)cc2)c1. The van der Waals surface area contributed by atoms with Crippen molar-refractivity contribution in [1.82, 2.24) is 0 Å². The van der Waals surface area contributed by atoms with Gasteiger partial charge in [-0.15, -0.1) is 0 Å². The van der Waals surface area contributed by atoms with Crippen LogP contribution in [0.15, 0.2) is 42.5 Å². The largest absolute Gasteiger partial charge is 0.493 e. The van der Waals surface area contributed by atoms with E-state index in [0.717, 1.165) is 54.6 Å². The van der Waals surface area contributed by atoms with Crippen LogP contribution in [-0.4, -0.2) is 38.8 Å². The topological polar surface area (TPSA) is 50.8 Å². The van der Waals surface area contributed by atoms with Crippen LogP contribution in [0.25, 0.3) is 0 Å². The van der Waals surface area contributed by atoms with Gasteiger partial charge in [-0.1, -0.05) is 6.07 Å². The Morgan fingerprint density at radius 2 is 1.73 bits per heavy atom. The highest BCUT2D eigenvalue weighted by molar-refractivity contribution is 5.90. The lowest BCUT2D eigenvalue weighted by Gasteiger charge is -2.28. The zero-order valence-corrected chi connectivity index (χ0v) is 15.5. The molecule has 0 atom stereocenters. The maximum absolute atomic E-state index is 12.1. The predicted molar refractivity (Wildman–Crippen MR) is 104 cm³/mol. The Kier molecular flexibility index (Phi) is 6.12. The second-order valence-electron chi connectivity index (χ2n) is 6.62. The van der Waals surface area contributed by atoms with Gasteiger partial charge in [0.2, 0.25) is 5.91 Å². The molecular weight excluding hydrogens is 328 g/mol. The van der Waals surface area contributed by atoms with E-state index in [0.29, 0.717) is 13.0 Å². The third-order valence-electron chi connectivity index (χ3n) is 4.32. The third kappa shape index (κ3) is 5.23. The van der Waals surface area contributed by atoms with Crippen LogP contribution in [0.1, 0.15) is 17.5 Å². The van der Waals surface area contributed by atoms with Crippen molar-refractivity contribution in [3.63, 3.8) is 0 Å². The van der Waals surface area contributed by atoms with Crippen LogP contribution in [0.5, 0.6) is 5.75 Å². The number of rotatable bonds is 6. The maximum Gasteiger partial charge on any atom is 0.227 e. The molecule has 0 aromatic heterocycles. The summed E-state index contributed by atoms with van der Waals surface area (Å²) in [5.74, 6) is 0.763. The van der Waals surface area contributed by atoms with Gasteiger partial charge in [0.25, 0.3) is 0 Å². The molecule has 2 aromatic rings. The van der Waals surface area contributed by atoms with Crippen molar-refractivity contribution in [2.75, 3.05) is 43.1 Å². The first-order chi connectivity index (χ1) is 12.6. The monoisotopic (exact) mass is 354 g/mol. The number of ether oxygens (including phenoxy) is 2. The number of aryl methyl sites for hydroxylation is 2. The van der Waals surface area contributed by atoms with Crippen molar-refractivity contribution in [3.8, 4) is 5.75 Å². The van der Waals surface area contributed by atoms with Crippen molar-refractivity contribution < 1.29 is 14.3 Å². The van der Waals surface area contributed by atoms with Crippen molar-refractivity contribution in [3.05, 3.63) is 53.6 Å². The van der Waals surface area contributed by atoms with Crippen LogP contribution in [0.3, 0.4) is 0 Å². The predicted octanol–water partition coefficient (Wildman–Crippen LogP) is 3.55. The van der Waals surface area contributed by atoms with E-state index in [1.807, 2.05) is 50.2 Å². The summed E-state index contributed by atoms with van der Waals surface area (Å²) in [4.78, 5) is 14.4. The van der Waals surface area contributed by atoms with Crippen LogP contribution in [0, 0.1) is 13.8 Å². The molecule has 138 valence electrons. The van der Waals surface area contributed by atoms with Gasteiger partial charge in [-0.25, -0.2) is 0 Å². The Hall–Kier alpha value is -2.53. The molecule has 1 aliphatic heterocycles. The van der Waals surface area contributed by atoms with Gasteiger partial charge in [-0.05, 0) is 61.4 Å². The van der Waals surface area contributed by atoms with E-state index in [-0.39, 0.29) is 5.91 Å². The van der Waals surface area contributed by atoms with Crippen molar-refractivity contribution in [2.45, 2.75) is 20.3 Å². The van der Waals surface area contributed by atoms with E-state index in [9.17, 15) is 4.79 Å². The summed E-state index contributed by atoms with van der Waals surface area (Å²) in [7, 11) is 0. The van der Waals surface area contributed by atoms with Crippen LogP contribution in [0.4, 0.5) is 11.4 Å². The average Bonchev–Trinajstić information content (AvgIpc) is 2.62. The number of carbonyl (C=O) groups is 1. The molecule has 0 saturated carbocycles. The fourth-order valence-corrected chi connectivity index (χ4v) is 3.08. The highest BCUT2D eigenvalue weighted by Crippen LogP contribution is 2.19. The fourth-order valence-electron chi connectivity index (χ4n) is 3.08. The maximum atomic E-state index is 12.1. The van der Waals surface area contributed by atoms with E-state index in [1.54, 1.807) is 0 Å². The van der Waals surface area contributed by atoms with Crippen molar-refractivity contribution in [1.29, 1.82) is 0 Å². The summed E-state index contributed by atoms with van der Waals surface area (Å²) >= 11 is 0. The molecule has 1 heterocycles. The van der Waals surface area contributed by atoms with Gasteiger partial charge in [0, 0.05) is 24.5 Å². The zero-order valence-electron chi connectivity index (χ0n) is 15.5. The smallest absolute Gasteiger partial charge is 0.227 e. The molecule has 1 saturated heterocycles. The van der Waals surface area contributed by atoms with Crippen LogP contribution in [-0.2, 0) is 9.53 Å². The molecule has 1 amide bonds. The van der Waals surface area contributed by atoms with Gasteiger partial charge in [0.1, 0.15) is 5.75 Å². The molecule has 0 spiro atoms. The van der Waals surface area contributed by atoms with Crippen LogP contribution in [0.2, 0.25) is 0 Å². The summed E-state index contributed by atoms with van der Waals surface area (Å²) in [6, 6.07) is 14.0. The van der Waals surface area contributed by atoms with Gasteiger partial charge in [-0.3, -0.25) is 4.79 Å². The normalized spacial score (nSPS) is 14.2. The van der Waals surface area contributed by atoms with Gasteiger partial charge < -0.3 is 19.7 Å². The minimum atomic E-state index is -0.0477. The second kappa shape index (κ2) is 8.72. The Balaban J connectivity index is 1.45. The summed E-state index contributed by atoms with van der Waals surface area (Å²) in [5, 5.41) is 2.92.